The number of amides is 2. The van der Waals surface area contributed by atoms with Gasteiger partial charge in [-0.25, -0.2) is 0 Å². The molecule has 1 aromatic rings. The number of anilines is 1. The van der Waals surface area contributed by atoms with Crippen molar-refractivity contribution in [1.29, 1.82) is 0 Å². The van der Waals surface area contributed by atoms with Gasteiger partial charge in [-0.3, -0.25) is 14.4 Å². The summed E-state index contributed by atoms with van der Waals surface area (Å²) in [4.78, 5) is 38.4. The summed E-state index contributed by atoms with van der Waals surface area (Å²) in [5.74, 6) is -1.37. The lowest BCUT2D eigenvalue weighted by Gasteiger charge is -2.21. The number of nitrogens with zero attached hydrogens (tertiary/aromatic N) is 2. The number of aryl methyl sites for hydroxylation is 1. The zero-order chi connectivity index (χ0) is 17.7. The molecule has 1 aromatic carbocycles. The summed E-state index contributed by atoms with van der Waals surface area (Å²) in [6, 6.07) is 7.83. The lowest BCUT2D eigenvalue weighted by atomic mass is 10.1. The van der Waals surface area contributed by atoms with E-state index in [0.717, 1.165) is 12.1 Å². The summed E-state index contributed by atoms with van der Waals surface area (Å²) in [5, 5.41) is 8.65. The van der Waals surface area contributed by atoms with Crippen molar-refractivity contribution in [3.05, 3.63) is 29.8 Å². The van der Waals surface area contributed by atoms with Crippen LogP contribution in [-0.2, 0) is 20.8 Å². The lowest BCUT2D eigenvalue weighted by molar-refractivity contribution is -0.138. The second-order valence-corrected chi connectivity index (χ2v) is 6.18. The molecule has 1 aliphatic heterocycles. The van der Waals surface area contributed by atoms with Crippen LogP contribution in [-0.4, -0.2) is 47.9 Å². The number of hydrogen-bond acceptors (Lipinski definition) is 3. The van der Waals surface area contributed by atoms with Crippen molar-refractivity contribution >= 4 is 23.5 Å². The second-order valence-electron chi connectivity index (χ2n) is 6.18. The molecule has 1 aliphatic rings. The largest absolute Gasteiger partial charge is 0.481 e. The van der Waals surface area contributed by atoms with Gasteiger partial charge in [0.05, 0.1) is 5.92 Å². The zero-order valence-electron chi connectivity index (χ0n) is 14.2. The highest BCUT2D eigenvalue weighted by Gasteiger charge is 2.36. The van der Waals surface area contributed by atoms with Crippen LogP contribution in [0.15, 0.2) is 24.3 Å². The van der Waals surface area contributed by atoms with E-state index < -0.39 is 5.97 Å². The molecule has 0 spiro atoms. The first kappa shape index (κ1) is 18.0. The highest BCUT2D eigenvalue weighted by Crippen LogP contribution is 2.26. The monoisotopic (exact) mass is 332 g/mol. The van der Waals surface area contributed by atoms with Crippen molar-refractivity contribution in [3.8, 4) is 0 Å². The number of aliphatic carboxylic acids is 1. The minimum atomic E-state index is -0.867. The number of hydrogen-bond donors (Lipinski definition) is 1. The van der Waals surface area contributed by atoms with Crippen LogP contribution in [0.3, 0.4) is 0 Å². The van der Waals surface area contributed by atoms with Gasteiger partial charge >= 0.3 is 5.97 Å². The van der Waals surface area contributed by atoms with Crippen molar-refractivity contribution < 1.29 is 19.5 Å². The number of benzene rings is 1. The number of carboxylic acid groups (broad SMARTS) is 1. The first-order chi connectivity index (χ1) is 11.4. The van der Waals surface area contributed by atoms with Gasteiger partial charge in [0.2, 0.25) is 11.8 Å². The Labute approximate surface area is 142 Å². The molecule has 1 saturated heterocycles. The maximum atomic E-state index is 12.4. The van der Waals surface area contributed by atoms with Crippen LogP contribution in [0.1, 0.15) is 31.7 Å². The molecule has 1 unspecified atom stereocenters. The van der Waals surface area contributed by atoms with E-state index in [1.807, 2.05) is 24.3 Å². The van der Waals surface area contributed by atoms with E-state index in [1.54, 1.807) is 11.9 Å². The summed E-state index contributed by atoms with van der Waals surface area (Å²) in [7, 11) is 1.66. The van der Waals surface area contributed by atoms with E-state index >= 15 is 0 Å². The van der Waals surface area contributed by atoms with Crippen LogP contribution < -0.4 is 4.90 Å². The SMILES string of the molecule is CCc1ccc(N2CC(C(=O)N(C)CCCC(=O)O)CC2=O)cc1. The molecular weight excluding hydrogens is 308 g/mol. The molecule has 0 bridgehead atoms. The fourth-order valence-corrected chi connectivity index (χ4v) is 2.92. The minimum absolute atomic E-state index is 0.0388. The second kappa shape index (κ2) is 7.95. The van der Waals surface area contributed by atoms with Gasteiger partial charge in [0.15, 0.2) is 0 Å². The van der Waals surface area contributed by atoms with Crippen molar-refractivity contribution in [1.82, 2.24) is 4.90 Å². The molecule has 1 N–H and O–H groups in total. The van der Waals surface area contributed by atoms with Crippen LogP contribution in [0.4, 0.5) is 5.69 Å². The van der Waals surface area contributed by atoms with Gasteiger partial charge in [0.1, 0.15) is 0 Å². The Balaban J connectivity index is 1.95. The standard InChI is InChI=1S/C18H24N2O4/c1-3-13-6-8-15(9-7-13)20-12-14(11-16(20)21)18(24)19(2)10-4-5-17(22)23/h6-9,14H,3-5,10-12H2,1-2H3,(H,22,23). The average molecular weight is 332 g/mol. The first-order valence-electron chi connectivity index (χ1n) is 8.28. The van der Waals surface area contributed by atoms with E-state index in [2.05, 4.69) is 6.92 Å². The van der Waals surface area contributed by atoms with Crippen molar-refractivity contribution in [3.63, 3.8) is 0 Å². The summed E-state index contributed by atoms with van der Waals surface area (Å²) >= 11 is 0. The predicted molar refractivity (Wildman–Crippen MR) is 90.8 cm³/mol. The van der Waals surface area contributed by atoms with Gasteiger partial charge in [-0.15, -0.1) is 0 Å². The summed E-state index contributed by atoms with van der Waals surface area (Å²) < 4.78 is 0. The molecular formula is C18H24N2O4. The minimum Gasteiger partial charge on any atom is -0.481 e. The maximum absolute atomic E-state index is 12.4. The molecule has 1 atom stereocenters. The Morgan fingerprint density at radius 1 is 1.29 bits per heavy atom. The maximum Gasteiger partial charge on any atom is 0.303 e. The Kier molecular flexibility index (Phi) is 5.95. The summed E-state index contributed by atoms with van der Waals surface area (Å²) in [6.07, 6.45) is 1.60. The van der Waals surface area contributed by atoms with Crippen LogP contribution in [0.5, 0.6) is 0 Å². The Morgan fingerprint density at radius 2 is 1.96 bits per heavy atom. The van der Waals surface area contributed by atoms with E-state index in [1.165, 1.54) is 10.5 Å². The lowest BCUT2D eigenvalue weighted by Crippen LogP contribution is -2.35. The third-order valence-electron chi connectivity index (χ3n) is 4.39. The van der Waals surface area contributed by atoms with Gasteiger partial charge in [0.25, 0.3) is 0 Å². The number of rotatable bonds is 7. The molecule has 2 rings (SSSR count). The van der Waals surface area contributed by atoms with Crippen molar-refractivity contribution in [2.24, 2.45) is 5.92 Å². The topological polar surface area (TPSA) is 77.9 Å². The van der Waals surface area contributed by atoms with Gasteiger partial charge < -0.3 is 14.9 Å². The third-order valence-corrected chi connectivity index (χ3v) is 4.39. The normalized spacial score (nSPS) is 17.2. The van der Waals surface area contributed by atoms with Crippen LogP contribution in [0.2, 0.25) is 0 Å². The molecule has 1 heterocycles. The van der Waals surface area contributed by atoms with Gasteiger partial charge in [-0.2, -0.15) is 0 Å². The molecule has 0 aromatic heterocycles. The van der Waals surface area contributed by atoms with Crippen LogP contribution in [0, 0.1) is 5.92 Å². The van der Waals surface area contributed by atoms with E-state index in [0.29, 0.717) is 19.5 Å². The Hall–Kier alpha value is -2.37. The van der Waals surface area contributed by atoms with E-state index in [4.69, 9.17) is 5.11 Å². The average Bonchev–Trinajstić information content (AvgIpc) is 2.95. The molecule has 0 saturated carbocycles. The Bertz CT molecular complexity index is 612. The van der Waals surface area contributed by atoms with Gasteiger partial charge in [0, 0.05) is 38.7 Å². The quantitative estimate of drug-likeness (QED) is 0.827. The summed E-state index contributed by atoms with van der Waals surface area (Å²) in [5.41, 5.74) is 2.03. The first-order valence-corrected chi connectivity index (χ1v) is 8.28. The van der Waals surface area contributed by atoms with Gasteiger partial charge in [-0.1, -0.05) is 19.1 Å². The van der Waals surface area contributed by atoms with Crippen LogP contribution in [0.25, 0.3) is 0 Å². The predicted octanol–water partition coefficient (Wildman–Crippen LogP) is 1.93. The molecule has 6 heteroatoms. The molecule has 130 valence electrons. The number of carboxylic acids is 1. The zero-order valence-corrected chi connectivity index (χ0v) is 14.2. The van der Waals surface area contributed by atoms with Crippen molar-refractivity contribution in [2.45, 2.75) is 32.6 Å². The highest BCUT2D eigenvalue weighted by atomic mass is 16.4. The fraction of sp³-hybridized carbons (Fsp3) is 0.500. The highest BCUT2D eigenvalue weighted by molar-refractivity contribution is 6.00. The third kappa shape index (κ3) is 4.34. The van der Waals surface area contributed by atoms with Crippen LogP contribution >= 0.6 is 0 Å². The fourth-order valence-electron chi connectivity index (χ4n) is 2.92. The van der Waals surface area contributed by atoms with E-state index in [9.17, 15) is 14.4 Å². The molecule has 1 fully saturated rings. The molecule has 6 nitrogen and oxygen atoms in total. The molecule has 0 aliphatic carbocycles. The molecule has 2 amide bonds. The Morgan fingerprint density at radius 3 is 2.54 bits per heavy atom. The van der Waals surface area contributed by atoms with E-state index in [-0.39, 0.29) is 30.6 Å². The number of carbonyl (C=O) groups excluding carboxylic acids is 2. The molecule has 0 radical (unpaired) electrons. The smallest absolute Gasteiger partial charge is 0.303 e. The molecule has 24 heavy (non-hydrogen) atoms. The summed E-state index contributed by atoms with van der Waals surface area (Å²) in [6.45, 7) is 2.85. The van der Waals surface area contributed by atoms with Crippen molar-refractivity contribution in [2.75, 3.05) is 25.0 Å². The number of carbonyl (C=O) groups is 3. The van der Waals surface area contributed by atoms with Gasteiger partial charge in [-0.05, 0) is 30.5 Å².